The summed E-state index contributed by atoms with van der Waals surface area (Å²) in [6.45, 7) is 1.72. The Balaban J connectivity index is 1.63. The third kappa shape index (κ3) is 4.13. The van der Waals surface area contributed by atoms with Crippen molar-refractivity contribution >= 4 is 39.9 Å². The van der Waals surface area contributed by atoms with Crippen molar-refractivity contribution in [3.8, 4) is 0 Å². The van der Waals surface area contributed by atoms with Crippen molar-refractivity contribution in [3.63, 3.8) is 0 Å². The summed E-state index contributed by atoms with van der Waals surface area (Å²) >= 11 is 1.35. The molecule has 0 aliphatic carbocycles. The first kappa shape index (κ1) is 16.9. The molecule has 25 heavy (non-hydrogen) atoms. The molecule has 0 unspecified atom stereocenters. The number of non-ortho nitro benzene ring substituents is 1. The van der Waals surface area contributed by atoms with E-state index in [1.54, 1.807) is 13.0 Å². The Morgan fingerprint density at radius 1 is 1.20 bits per heavy atom. The van der Waals surface area contributed by atoms with Gasteiger partial charge in [0.2, 0.25) is 5.91 Å². The van der Waals surface area contributed by atoms with E-state index in [2.05, 4.69) is 10.3 Å². The van der Waals surface area contributed by atoms with Crippen LogP contribution in [0.3, 0.4) is 0 Å². The molecule has 3 rings (SSSR count). The summed E-state index contributed by atoms with van der Waals surface area (Å²) in [5, 5.41) is 15.3. The maximum absolute atomic E-state index is 12.1. The zero-order valence-corrected chi connectivity index (χ0v) is 14.2. The first-order chi connectivity index (χ1) is 12.0. The fraction of sp³-hybridized carbons (Fsp3) is 0.111. The number of para-hydroxylation sites is 1. The van der Waals surface area contributed by atoms with E-state index in [1.165, 1.54) is 23.9 Å². The molecule has 0 aliphatic heterocycles. The highest BCUT2D eigenvalue weighted by Crippen LogP contribution is 2.23. The number of hydrogen-bond acceptors (Lipinski definition) is 5. The van der Waals surface area contributed by atoms with Crippen molar-refractivity contribution < 1.29 is 9.72 Å². The van der Waals surface area contributed by atoms with Gasteiger partial charge in [0.15, 0.2) is 0 Å². The quantitative estimate of drug-likeness (QED) is 0.422. The lowest BCUT2D eigenvalue weighted by Gasteiger charge is -2.08. The zero-order valence-electron chi connectivity index (χ0n) is 13.4. The largest absolute Gasteiger partial charge is 0.325 e. The summed E-state index contributed by atoms with van der Waals surface area (Å²) in [7, 11) is 0. The van der Waals surface area contributed by atoms with Crippen molar-refractivity contribution in [1.82, 2.24) is 4.98 Å². The Hall–Kier alpha value is -2.93. The average Bonchev–Trinajstić information content (AvgIpc) is 2.61. The molecule has 0 bridgehead atoms. The number of nitrogens with zero attached hydrogens (tertiary/aromatic N) is 2. The SMILES string of the molecule is Cc1cc([N+](=O)[O-])ccc1NC(=O)CSc1ccc2ccccc2n1. The molecule has 0 saturated heterocycles. The Morgan fingerprint density at radius 2 is 2.00 bits per heavy atom. The number of anilines is 1. The first-order valence-corrected chi connectivity index (χ1v) is 8.55. The molecule has 7 heteroatoms. The Kier molecular flexibility index (Phi) is 4.95. The van der Waals surface area contributed by atoms with Gasteiger partial charge >= 0.3 is 0 Å². The van der Waals surface area contributed by atoms with Crippen LogP contribution in [0, 0.1) is 17.0 Å². The van der Waals surface area contributed by atoms with Crippen LogP contribution in [0.4, 0.5) is 11.4 Å². The molecule has 0 fully saturated rings. The lowest BCUT2D eigenvalue weighted by molar-refractivity contribution is -0.384. The number of aryl methyl sites for hydroxylation is 1. The van der Waals surface area contributed by atoms with Gasteiger partial charge in [-0.25, -0.2) is 4.98 Å². The average molecular weight is 353 g/mol. The molecule has 0 radical (unpaired) electrons. The van der Waals surface area contributed by atoms with Crippen LogP contribution in [0.15, 0.2) is 59.6 Å². The van der Waals surface area contributed by atoms with Crippen LogP contribution in [-0.4, -0.2) is 21.6 Å². The predicted octanol–water partition coefficient (Wildman–Crippen LogP) is 4.18. The number of fused-ring (bicyclic) bond motifs is 1. The fourth-order valence-electron chi connectivity index (χ4n) is 2.36. The van der Waals surface area contributed by atoms with Gasteiger partial charge in [0.25, 0.3) is 5.69 Å². The molecule has 1 aromatic heterocycles. The van der Waals surface area contributed by atoms with Crippen LogP contribution in [-0.2, 0) is 4.79 Å². The smallest absolute Gasteiger partial charge is 0.269 e. The number of carbonyl (C=O) groups excluding carboxylic acids is 1. The molecule has 0 saturated carbocycles. The highest BCUT2D eigenvalue weighted by Gasteiger charge is 2.11. The fourth-order valence-corrected chi connectivity index (χ4v) is 3.03. The van der Waals surface area contributed by atoms with Gasteiger partial charge in [-0.1, -0.05) is 36.0 Å². The van der Waals surface area contributed by atoms with E-state index in [4.69, 9.17) is 0 Å². The van der Waals surface area contributed by atoms with Gasteiger partial charge in [0.1, 0.15) is 0 Å². The number of benzene rings is 2. The van der Waals surface area contributed by atoms with Crippen LogP contribution in [0.1, 0.15) is 5.56 Å². The monoisotopic (exact) mass is 353 g/mol. The molecule has 6 nitrogen and oxygen atoms in total. The van der Waals surface area contributed by atoms with Gasteiger partial charge in [-0.3, -0.25) is 14.9 Å². The van der Waals surface area contributed by atoms with Crippen molar-refractivity contribution in [1.29, 1.82) is 0 Å². The Morgan fingerprint density at radius 3 is 2.76 bits per heavy atom. The molecule has 1 heterocycles. The number of pyridine rings is 1. The molecule has 2 aromatic carbocycles. The van der Waals surface area contributed by atoms with E-state index in [-0.39, 0.29) is 17.3 Å². The predicted molar refractivity (Wildman–Crippen MR) is 98.9 cm³/mol. The highest BCUT2D eigenvalue weighted by molar-refractivity contribution is 7.99. The standard InChI is InChI=1S/C18H15N3O3S/c1-12-10-14(21(23)24)7-8-15(12)19-17(22)11-25-18-9-6-13-4-2-3-5-16(13)20-18/h2-10H,11H2,1H3,(H,19,22). The summed E-state index contributed by atoms with van der Waals surface area (Å²) < 4.78 is 0. The van der Waals surface area contributed by atoms with Crippen molar-refractivity contribution in [2.75, 3.05) is 11.1 Å². The van der Waals surface area contributed by atoms with Gasteiger partial charge in [-0.2, -0.15) is 0 Å². The van der Waals surface area contributed by atoms with Gasteiger partial charge < -0.3 is 5.32 Å². The first-order valence-electron chi connectivity index (χ1n) is 7.56. The van der Waals surface area contributed by atoms with Crippen LogP contribution < -0.4 is 5.32 Å². The number of nitro groups is 1. The number of nitro benzene ring substituents is 1. The number of rotatable bonds is 5. The number of hydrogen-bond donors (Lipinski definition) is 1. The zero-order chi connectivity index (χ0) is 17.8. The molecule has 0 atom stereocenters. The minimum absolute atomic E-state index is 0.00485. The summed E-state index contributed by atoms with van der Waals surface area (Å²) in [6, 6.07) is 16.0. The molecule has 1 N–H and O–H groups in total. The molecule has 0 aliphatic rings. The van der Waals surface area contributed by atoms with Crippen LogP contribution in [0.2, 0.25) is 0 Å². The summed E-state index contributed by atoms with van der Waals surface area (Å²) in [5.74, 6) is 0.0267. The van der Waals surface area contributed by atoms with E-state index in [1.807, 2.05) is 36.4 Å². The second-order valence-electron chi connectivity index (χ2n) is 5.44. The van der Waals surface area contributed by atoms with Crippen molar-refractivity contribution in [3.05, 3.63) is 70.3 Å². The molecular weight excluding hydrogens is 338 g/mol. The topological polar surface area (TPSA) is 85.1 Å². The maximum atomic E-state index is 12.1. The van der Waals surface area contributed by atoms with E-state index in [0.717, 1.165) is 15.9 Å². The number of amides is 1. The minimum atomic E-state index is -0.458. The summed E-state index contributed by atoms with van der Waals surface area (Å²) in [5.41, 5.74) is 2.11. The van der Waals surface area contributed by atoms with Gasteiger partial charge in [-0.15, -0.1) is 0 Å². The third-order valence-electron chi connectivity index (χ3n) is 3.62. The maximum Gasteiger partial charge on any atom is 0.269 e. The second-order valence-corrected chi connectivity index (χ2v) is 6.43. The van der Waals surface area contributed by atoms with Crippen molar-refractivity contribution in [2.24, 2.45) is 0 Å². The number of aromatic nitrogens is 1. The van der Waals surface area contributed by atoms with E-state index in [0.29, 0.717) is 11.3 Å². The third-order valence-corrected chi connectivity index (χ3v) is 4.55. The van der Waals surface area contributed by atoms with Gasteiger partial charge in [-0.05, 0) is 30.7 Å². The summed E-state index contributed by atoms with van der Waals surface area (Å²) in [4.78, 5) is 26.9. The Labute approximate surface area is 148 Å². The normalized spacial score (nSPS) is 10.6. The van der Waals surface area contributed by atoms with Gasteiger partial charge in [0.05, 0.1) is 21.2 Å². The van der Waals surface area contributed by atoms with Crippen LogP contribution in [0.5, 0.6) is 0 Å². The molecule has 0 spiro atoms. The molecular formula is C18H15N3O3S. The summed E-state index contributed by atoms with van der Waals surface area (Å²) in [6.07, 6.45) is 0. The van der Waals surface area contributed by atoms with Gasteiger partial charge in [0, 0.05) is 23.2 Å². The second kappa shape index (κ2) is 7.31. The molecule has 3 aromatic rings. The number of thioether (sulfide) groups is 1. The number of nitrogens with one attached hydrogen (secondary N) is 1. The van der Waals surface area contributed by atoms with Crippen LogP contribution >= 0.6 is 11.8 Å². The van der Waals surface area contributed by atoms with E-state index < -0.39 is 4.92 Å². The van der Waals surface area contributed by atoms with E-state index in [9.17, 15) is 14.9 Å². The van der Waals surface area contributed by atoms with E-state index >= 15 is 0 Å². The van der Waals surface area contributed by atoms with Crippen molar-refractivity contribution in [2.45, 2.75) is 11.9 Å². The lowest BCUT2D eigenvalue weighted by Crippen LogP contribution is -2.15. The highest BCUT2D eigenvalue weighted by atomic mass is 32.2. The lowest BCUT2D eigenvalue weighted by atomic mass is 10.2. The molecule has 1 amide bonds. The number of carbonyl (C=O) groups is 1. The minimum Gasteiger partial charge on any atom is -0.325 e. The molecule has 126 valence electrons. The Bertz CT molecular complexity index is 959. The van der Waals surface area contributed by atoms with Crippen LogP contribution in [0.25, 0.3) is 10.9 Å².